The van der Waals surface area contributed by atoms with Crippen molar-refractivity contribution >= 4 is 34.5 Å². The maximum Gasteiger partial charge on any atom is 0.261 e. The van der Waals surface area contributed by atoms with Crippen LogP contribution in [0.5, 0.6) is 0 Å². The van der Waals surface area contributed by atoms with Crippen molar-refractivity contribution in [1.29, 1.82) is 0 Å². The summed E-state index contributed by atoms with van der Waals surface area (Å²) in [5.74, 6) is 0.166. The van der Waals surface area contributed by atoms with Gasteiger partial charge in [-0.1, -0.05) is 41.6 Å². The smallest absolute Gasteiger partial charge is 0.261 e. The summed E-state index contributed by atoms with van der Waals surface area (Å²) in [6, 6.07) is 8.56. The first kappa shape index (κ1) is 19.1. The molecule has 146 valence electrons. The molecular weight excluding hydrogens is 370 g/mol. The standard InChI is InChI=1S/C22H25N3O2S/c1-13-6-4-7-16(12-13)17-8-5-11-25(17)19(26)10-9-18-23-21(27)20-14(2)15(3)28-22(20)24-18/h4,6-7,12,17,20H,5,8-11H2,1-3H3. The number of likely N-dealkylation sites (tertiary alicyclic amines) is 1. The largest absolute Gasteiger partial charge is 0.336 e. The van der Waals surface area contributed by atoms with Crippen molar-refractivity contribution in [2.24, 2.45) is 15.9 Å². The number of aryl methyl sites for hydroxylation is 1. The zero-order valence-electron chi connectivity index (χ0n) is 16.6. The Labute approximate surface area is 170 Å². The molecule has 2 unspecified atom stereocenters. The van der Waals surface area contributed by atoms with Gasteiger partial charge in [-0.15, -0.1) is 0 Å². The second kappa shape index (κ2) is 7.66. The molecule has 4 rings (SSSR count). The van der Waals surface area contributed by atoms with Crippen LogP contribution < -0.4 is 0 Å². The summed E-state index contributed by atoms with van der Waals surface area (Å²) < 4.78 is 0. The van der Waals surface area contributed by atoms with Crippen molar-refractivity contribution in [3.05, 3.63) is 45.9 Å². The molecule has 3 heterocycles. The highest BCUT2D eigenvalue weighted by molar-refractivity contribution is 8.17. The lowest BCUT2D eigenvalue weighted by Gasteiger charge is -2.25. The van der Waals surface area contributed by atoms with E-state index >= 15 is 0 Å². The predicted octanol–water partition coefficient (Wildman–Crippen LogP) is 4.43. The van der Waals surface area contributed by atoms with Crippen molar-refractivity contribution in [3.63, 3.8) is 0 Å². The number of hydrogen-bond acceptors (Lipinski definition) is 4. The van der Waals surface area contributed by atoms with Crippen LogP contribution in [-0.2, 0) is 9.59 Å². The number of thioether (sulfide) groups is 1. The molecular formula is C22H25N3O2S. The zero-order chi connectivity index (χ0) is 19.8. The number of amidine groups is 1. The number of rotatable bonds is 4. The molecule has 3 aliphatic heterocycles. The Kier molecular flexibility index (Phi) is 5.23. The minimum Gasteiger partial charge on any atom is -0.336 e. The van der Waals surface area contributed by atoms with Crippen molar-refractivity contribution in [3.8, 4) is 0 Å². The summed E-state index contributed by atoms with van der Waals surface area (Å²) >= 11 is 1.56. The summed E-state index contributed by atoms with van der Waals surface area (Å²) in [5.41, 5.74) is 3.47. The number of carbonyl (C=O) groups excluding carboxylic acids is 2. The number of aliphatic imine (C=N–C) groups is 2. The van der Waals surface area contributed by atoms with Gasteiger partial charge in [0.15, 0.2) is 0 Å². The monoisotopic (exact) mass is 395 g/mol. The molecule has 0 bridgehead atoms. The Morgan fingerprint density at radius 2 is 2.07 bits per heavy atom. The summed E-state index contributed by atoms with van der Waals surface area (Å²) in [7, 11) is 0. The van der Waals surface area contributed by atoms with E-state index in [1.165, 1.54) is 11.1 Å². The number of allylic oxidation sites excluding steroid dienone is 1. The predicted molar refractivity (Wildman–Crippen MR) is 113 cm³/mol. The molecule has 0 N–H and O–H groups in total. The maximum atomic E-state index is 12.9. The Hall–Kier alpha value is -2.21. The average molecular weight is 396 g/mol. The fourth-order valence-corrected chi connectivity index (χ4v) is 5.31. The van der Waals surface area contributed by atoms with E-state index in [0.29, 0.717) is 18.7 Å². The molecule has 0 radical (unpaired) electrons. The minimum atomic E-state index is -0.297. The summed E-state index contributed by atoms with van der Waals surface area (Å²) in [4.78, 5) is 37.2. The van der Waals surface area contributed by atoms with Gasteiger partial charge in [0, 0.05) is 19.4 Å². The van der Waals surface area contributed by atoms with Crippen LogP contribution in [-0.4, -0.2) is 34.1 Å². The van der Waals surface area contributed by atoms with Crippen LogP contribution in [0.15, 0.2) is 44.7 Å². The molecule has 0 aliphatic carbocycles. The van der Waals surface area contributed by atoms with Crippen molar-refractivity contribution in [1.82, 2.24) is 4.90 Å². The number of nitrogens with zero attached hydrogens (tertiary/aromatic N) is 3. The number of fused-ring (bicyclic) bond motifs is 1. The van der Waals surface area contributed by atoms with Gasteiger partial charge in [0.05, 0.1) is 11.1 Å². The number of hydrogen-bond donors (Lipinski definition) is 0. The highest BCUT2D eigenvalue weighted by Crippen LogP contribution is 2.40. The van der Waals surface area contributed by atoms with Crippen LogP contribution in [0.25, 0.3) is 0 Å². The van der Waals surface area contributed by atoms with Crippen LogP contribution in [0.1, 0.15) is 56.7 Å². The normalized spacial score (nSPS) is 24.4. The third-order valence-electron chi connectivity index (χ3n) is 5.78. The third-order valence-corrected chi connectivity index (χ3v) is 6.95. The SMILES string of the molecule is CC1=C(C)C2C(=O)N=C(CCC(=O)N3CCCC3c3cccc(C)c3)N=C2S1. The van der Waals surface area contributed by atoms with Gasteiger partial charge < -0.3 is 4.90 Å². The molecule has 3 aliphatic rings. The van der Waals surface area contributed by atoms with E-state index in [1.54, 1.807) is 11.8 Å². The molecule has 28 heavy (non-hydrogen) atoms. The molecule has 1 fully saturated rings. The number of benzene rings is 1. The van der Waals surface area contributed by atoms with E-state index in [1.807, 2.05) is 18.7 Å². The van der Waals surface area contributed by atoms with Crippen molar-refractivity contribution in [2.75, 3.05) is 6.54 Å². The lowest BCUT2D eigenvalue weighted by Crippen LogP contribution is -2.31. The van der Waals surface area contributed by atoms with Gasteiger partial charge in [0.2, 0.25) is 5.91 Å². The molecule has 0 spiro atoms. The number of amides is 2. The molecule has 2 atom stereocenters. The van der Waals surface area contributed by atoms with E-state index in [0.717, 1.165) is 34.9 Å². The molecule has 0 aromatic heterocycles. The molecule has 1 aromatic carbocycles. The Morgan fingerprint density at radius 1 is 1.25 bits per heavy atom. The molecule has 2 amide bonds. The van der Waals surface area contributed by atoms with E-state index in [-0.39, 0.29) is 23.8 Å². The maximum absolute atomic E-state index is 12.9. The Balaban J connectivity index is 1.42. The topological polar surface area (TPSA) is 62.1 Å². The highest BCUT2D eigenvalue weighted by Gasteiger charge is 2.37. The van der Waals surface area contributed by atoms with E-state index in [4.69, 9.17) is 0 Å². The van der Waals surface area contributed by atoms with Gasteiger partial charge in [-0.2, -0.15) is 4.99 Å². The van der Waals surface area contributed by atoms with Crippen LogP contribution in [0.4, 0.5) is 0 Å². The highest BCUT2D eigenvalue weighted by atomic mass is 32.2. The quantitative estimate of drug-likeness (QED) is 0.757. The fraction of sp³-hybridized carbons (Fsp3) is 0.455. The van der Waals surface area contributed by atoms with Crippen LogP contribution in [0.2, 0.25) is 0 Å². The fourth-order valence-electron chi connectivity index (χ4n) is 4.17. The lowest BCUT2D eigenvalue weighted by atomic mass is 10.00. The number of carbonyl (C=O) groups is 2. The first-order valence-corrected chi connectivity index (χ1v) is 10.7. The summed E-state index contributed by atoms with van der Waals surface area (Å²) in [6.07, 6.45) is 2.77. The molecule has 6 heteroatoms. The van der Waals surface area contributed by atoms with E-state index < -0.39 is 0 Å². The average Bonchev–Trinajstić information content (AvgIpc) is 3.25. The van der Waals surface area contributed by atoms with E-state index in [2.05, 4.69) is 41.2 Å². The first-order chi connectivity index (χ1) is 13.4. The van der Waals surface area contributed by atoms with Gasteiger partial charge >= 0.3 is 0 Å². The zero-order valence-corrected chi connectivity index (χ0v) is 17.4. The van der Waals surface area contributed by atoms with Gasteiger partial charge in [0.25, 0.3) is 5.91 Å². The Bertz CT molecular complexity index is 931. The molecule has 5 nitrogen and oxygen atoms in total. The molecule has 0 saturated carbocycles. The lowest BCUT2D eigenvalue weighted by molar-refractivity contribution is -0.132. The van der Waals surface area contributed by atoms with Gasteiger partial charge in [0.1, 0.15) is 11.8 Å². The van der Waals surface area contributed by atoms with E-state index in [9.17, 15) is 9.59 Å². The first-order valence-electron chi connectivity index (χ1n) is 9.85. The summed E-state index contributed by atoms with van der Waals surface area (Å²) in [5, 5.41) is 0.816. The van der Waals surface area contributed by atoms with Crippen molar-refractivity contribution < 1.29 is 9.59 Å². The van der Waals surface area contributed by atoms with Gasteiger partial charge in [-0.05, 0) is 49.7 Å². The van der Waals surface area contributed by atoms with Crippen LogP contribution >= 0.6 is 11.8 Å². The second-order valence-electron chi connectivity index (χ2n) is 7.75. The third kappa shape index (κ3) is 3.58. The van der Waals surface area contributed by atoms with Crippen LogP contribution in [0, 0.1) is 12.8 Å². The van der Waals surface area contributed by atoms with Crippen LogP contribution in [0.3, 0.4) is 0 Å². The second-order valence-corrected chi connectivity index (χ2v) is 8.98. The molecule has 1 saturated heterocycles. The minimum absolute atomic E-state index is 0.117. The van der Waals surface area contributed by atoms with Crippen molar-refractivity contribution in [2.45, 2.75) is 52.5 Å². The summed E-state index contributed by atoms with van der Waals surface area (Å²) in [6.45, 7) is 6.85. The van der Waals surface area contributed by atoms with Gasteiger partial charge in [-0.25, -0.2) is 4.99 Å². The molecule has 1 aromatic rings. The Morgan fingerprint density at radius 3 is 2.86 bits per heavy atom. The van der Waals surface area contributed by atoms with Gasteiger partial charge in [-0.3, -0.25) is 9.59 Å².